The molecule has 1 N–H and O–H groups in total. The third kappa shape index (κ3) is 3.54. The maximum absolute atomic E-state index is 12.0. The van der Waals surface area contributed by atoms with Crippen molar-refractivity contribution in [3.63, 3.8) is 0 Å². The highest BCUT2D eigenvalue weighted by molar-refractivity contribution is 9.10. The fourth-order valence-corrected chi connectivity index (χ4v) is 2.27. The van der Waals surface area contributed by atoms with Crippen molar-refractivity contribution in [1.29, 1.82) is 0 Å². The molecule has 7 nitrogen and oxygen atoms in total. The number of para-hydroxylation sites is 1. The van der Waals surface area contributed by atoms with Crippen LogP contribution in [0.4, 0.5) is 0 Å². The Bertz CT molecular complexity index is 867. The second-order valence-electron chi connectivity index (χ2n) is 4.66. The molecule has 0 fully saturated rings. The van der Waals surface area contributed by atoms with Gasteiger partial charge in [-0.2, -0.15) is 0 Å². The standard InChI is InChI=1S/C16H10BrNO6/c17-13-6-5-12(23-13)15-18-10(16(21)24-15)7-9-3-1-2-4-11(9)22-8-14(19)20/h1-7H,8H2,(H,19,20). The Hall–Kier alpha value is -2.87. The molecule has 0 amide bonds. The number of carboxylic acid groups (broad SMARTS) is 1. The van der Waals surface area contributed by atoms with Crippen LogP contribution in [0.1, 0.15) is 11.3 Å². The van der Waals surface area contributed by atoms with Crippen LogP contribution < -0.4 is 4.74 Å². The molecule has 0 aliphatic carbocycles. The van der Waals surface area contributed by atoms with Crippen molar-refractivity contribution in [2.45, 2.75) is 0 Å². The SMILES string of the molecule is O=C(O)COc1ccccc1C=C1N=C(c2ccc(Br)o2)OC1=O. The first-order chi connectivity index (χ1) is 11.5. The lowest BCUT2D eigenvalue weighted by Gasteiger charge is -2.06. The summed E-state index contributed by atoms with van der Waals surface area (Å²) in [6.45, 7) is -0.487. The van der Waals surface area contributed by atoms with Crippen LogP contribution in [0.25, 0.3) is 6.08 Å². The van der Waals surface area contributed by atoms with Gasteiger partial charge in [0, 0.05) is 5.56 Å². The van der Waals surface area contributed by atoms with E-state index in [1.807, 2.05) is 0 Å². The van der Waals surface area contributed by atoms with Crippen molar-refractivity contribution in [2.75, 3.05) is 6.61 Å². The number of ether oxygens (including phenoxy) is 2. The second kappa shape index (κ2) is 6.71. The lowest BCUT2D eigenvalue weighted by Crippen LogP contribution is -2.10. The minimum absolute atomic E-state index is 0.0564. The van der Waals surface area contributed by atoms with Crippen LogP contribution >= 0.6 is 15.9 Å². The van der Waals surface area contributed by atoms with Gasteiger partial charge < -0.3 is 19.0 Å². The molecule has 1 aliphatic rings. The van der Waals surface area contributed by atoms with Gasteiger partial charge in [0.05, 0.1) is 0 Å². The number of halogens is 1. The molecule has 0 atom stereocenters. The number of hydrogen-bond donors (Lipinski definition) is 1. The molecule has 2 heterocycles. The van der Waals surface area contributed by atoms with Gasteiger partial charge in [0.2, 0.25) is 0 Å². The molecule has 3 rings (SSSR count). The molecule has 1 aliphatic heterocycles. The first kappa shape index (κ1) is 16.0. The minimum atomic E-state index is -1.10. The van der Waals surface area contributed by atoms with Gasteiger partial charge in [-0.25, -0.2) is 14.6 Å². The lowest BCUT2D eigenvalue weighted by atomic mass is 10.1. The van der Waals surface area contributed by atoms with E-state index in [0.29, 0.717) is 21.7 Å². The molecular formula is C16H10BrNO6. The number of rotatable bonds is 5. The number of esters is 1. The van der Waals surface area contributed by atoms with E-state index in [-0.39, 0.29) is 11.6 Å². The van der Waals surface area contributed by atoms with Gasteiger partial charge in [0.25, 0.3) is 5.90 Å². The van der Waals surface area contributed by atoms with Crippen LogP contribution in [0.5, 0.6) is 5.75 Å². The Morgan fingerprint density at radius 2 is 2.08 bits per heavy atom. The van der Waals surface area contributed by atoms with Crippen molar-refractivity contribution in [1.82, 2.24) is 0 Å². The van der Waals surface area contributed by atoms with Crippen LogP contribution in [-0.4, -0.2) is 29.5 Å². The Labute approximate surface area is 144 Å². The third-order valence-corrected chi connectivity index (χ3v) is 3.39. The fourth-order valence-electron chi connectivity index (χ4n) is 1.96. The lowest BCUT2D eigenvalue weighted by molar-refractivity contribution is -0.139. The topological polar surface area (TPSA) is 98.3 Å². The van der Waals surface area contributed by atoms with E-state index < -0.39 is 18.5 Å². The summed E-state index contributed by atoms with van der Waals surface area (Å²) in [7, 11) is 0. The molecule has 2 aromatic rings. The highest BCUT2D eigenvalue weighted by atomic mass is 79.9. The Balaban J connectivity index is 1.89. The monoisotopic (exact) mass is 391 g/mol. The van der Waals surface area contributed by atoms with Gasteiger partial charge in [-0.15, -0.1) is 0 Å². The third-order valence-electron chi connectivity index (χ3n) is 2.97. The number of aliphatic imine (C=N–C) groups is 1. The molecule has 0 bridgehead atoms. The summed E-state index contributed by atoms with van der Waals surface area (Å²) >= 11 is 3.16. The summed E-state index contributed by atoms with van der Waals surface area (Å²) in [6.07, 6.45) is 1.46. The van der Waals surface area contributed by atoms with Gasteiger partial charge in [-0.3, -0.25) is 0 Å². The van der Waals surface area contributed by atoms with Crippen LogP contribution in [-0.2, 0) is 14.3 Å². The smallest absolute Gasteiger partial charge is 0.363 e. The molecule has 0 saturated heterocycles. The van der Waals surface area contributed by atoms with E-state index in [2.05, 4.69) is 20.9 Å². The Morgan fingerprint density at radius 3 is 2.79 bits per heavy atom. The average Bonchev–Trinajstić information content (AvgIpc) is 3.13. The van der Waals surface area contributed by atoms with E-state index in [0.717, 1.165) is 0 Å². The predicted molar refractivity (Wildman–Crippen MR) is 86.6 cm³/mol. The molecule has 1 aromatic carbocycles. The van der Waals surface area contributed by atoms with E-state index in [1.165, 1.54) is 6.08 Å². The largest absolute Gasteiger partial charge is 0.481 e. The van der Waals surface area contributed by atoms with Crippen LogP contribution in [0.15, 0.2) is 56.2 Å². The van der Waals surface area contributed by atoms with Crippen molar-refractivity contribution in [3.05, 3.63) is 58.1 Å². The maximum atomic E-state index is 12.0. The van der Waals surface area contributed by atoms with Crippen molar-refractivity contribution < 1.29 is 28.6 Å². The van der Waals surface area contributed by atoms with Crippen molar-refractivity contribution >= 4 is 39.8 Å². The molecule has 1 aromatic heterocycles. The molecule has 0 spiro atoms. The summed E-state index contributed by atoms with van der Waals surface area (Å²) in [4.78, 5) is 26.7. The Kier molecular flexibility index (Phi) is 4.48. The van der Waals surface area contributed by atoms with E-state index in [9.17, 15) is 9.59 Å². The summed E-state index contributed by atoms with van der Waals surface area (Å²) in [5.74, 6) is -1.04. The highest BCUT2D eigenvalue weighted by Crippen LogP contribution is 2.25. The molecular weight excluding hydrogens is 382 g/mol. The number of aliphatic carboxylic acids is 1. The summed E-state index contributed by atoms with van der Waals surface area (Å²) in [5.41, 5.74) is 0.570. The first-order valence-corrected chi connectivity index (χ1v) is 7.54. The van der Waals surface area contributed by atoms with E-state index in [4.69, 9.17) is 19.0 Å². The molecule has 0 radical (unpaired) electrons. The van der Waals surface area contributed by atoms with Gasteiger partial charge >= 0.3 is 11.9 Å². The van der Waals surface area contributed by atoms with Gasteiger partial charge in [-0.05, 0) is 40.2 Å². The summed E-state index contributed by atoms with van der Waals surface area (Å²) in [5, 5.41) is 8.70. The predicted octanol–water partition coefficient (Wildman–Crippen LogP) is 2.85. The van der Waals surface area contributed by atoms with Crippen molar-refractivity contribution in [2.24, 2.45) is 4.99 Å². The van der Waals surface area contributed by atoms with Gasteiger partial charge in [0.15, 0.2) is 22.7 Å². The number of carbonyl (C=O) groups is 2. The van der Waals surface area contributed by atoms with E-state index >= 15 is 0 Å². The Morgan fingerprint density at radius 1 is 1.29 bits per heavy atom. The minimum Gasteiger partial charge on any atom is -0.481 e. The number of carbonyl (C=O) groups excluding carboxylic acids is 1. The molecule has 8 heteroatoms. The van der Waals surface area contributed by atoms with E-state index in [1.54, 1.807) is 36.4 Å². The summed E-state index contributed by atoms with van der Waals surface area (Å²) < 4.78 is 16.0. The molecule has 122 valence electrons. The molecule has 0 unspecified atom stereocenters. The van der Waals surface area contributed by atoms with Crippen LogP contribution in [0.3, 0.4) is 0 Å². The van der Waals surface area contributed by atoms with Crippen molar-refractivity contribution in [3.8, 4) is 5.75 Å². The zero-order valence-electron chi connectivity index (χ0n) is 12.1. The molecule has 24 heavy (non-hydrogen) atoms. The number of hydrogen-bond acceptors (Lipinski definition) is 6. The maximum Gasteiger partial charge on any atom is 0.363 e. The zero-order valence-corrected chi connectivity index (χ0v) is 13.6. The zero-order chi connectivity index (χ0) is 17.1. The number of carboxylic acids is 1. The fraction of sp³-hybridized carbons (Fsp3) is 0.0625. The summed E-state index contributed by atoms with van der Waals surface area (Å²) in [6, 6.07) is 9.97. The van der Waals surface area contributed by atoms with Crippen LogP contribution in [0, 0.1) is 0 Å². The highest BCUT2D eigenvalue weighted by Gasteiger charge is 2.26. The number of furan rings is 1. The number of nitrogens with zero attached hydrogens (tertiary/aromatic N) is 1. The molecule has 0 saturated carbocycles. The first-order valence-electron chi connectivity index (χ1n) is 6.75. The quantitative estimate of drug-likeness (QED) is 0.621. The van der Waals surface area contributed by atoms with Crippen LogP contribution in [0.2, 0.25) is 0 Å². The second-order valence-corrected chi connectivity index (χ2v) is 5.44. The average molecular weight is 392 g/mol. The van der Waals surface area contributed by atoms with Gasteiger partial charge in [-0.1, -0.05) is 18.2 Å². The van der Waals surface area contributed by atoms with Gasteiger partial charge in [0.1, 0.15) is 5.75 Å². The number of cyclic esters (lactones) is 1. The normalized spacial score (nSPS) is 15.3. The number of benzene rings is 1.